The van der Waals surface area contributed by atoms with Gasteiger partial charge in [0.05, 0.1) is 4.90 Å². The summed E-state index contributed by atoms with van der Waals surface area (Å²) < 4.78 is 27.4. The van der Waals surface area contributed by atoms with Crippen LogP contribution >= 0.6 is 15.9 Å². The molecule has 0 spiro atoms. The zero-order valence-corrected chi connectivity index (χ0v) is 12.8. The molecule has 0 aliphatic carbocycles. The molecule has 2 rings (SSSR count). The minimum Gasteiger partial charge on any atom is -0.247 e. The van der Waals surface area contributed by atoms with Crippen LogP contribution in [0.15, 0.2) is 39.7 Å². The van der Waals surface area contributed by atoms with Crippen LogP contribution in [0.3, 0.4) is 0 Å². The van der Waals surface area contributed by atoms with Gasteiger partial charge in [-0.15, -0.1) is 0 Å². The summed E-state index contributed by atoms with van der Waals surface area (Å²) >= 11 is 3.24. The average molecular weight is 342 g/mol. The number of hydrogen-bond acceptors (Lipinski definition) is 4. The molecule has 0 amide bonds. The molecular formula is C12H12BrN3O2S. The number of hydrogen-bond donors (Lipinski definition) is 1. The van der Waals surface area contributed by atoms with Crippen molar-refractivity contribution < 1.29 is 8.42 Å². The largest absolute Gasteiger partial charge is 0.264 e. The van der Waals surface area contributed by atoms with Crippen LogP contribution in [0.4, 0.5) is 5.95 Å². The maximum absolute atomic E-state index is 12.2. The zero-order chi connectivity index (χ0) is 14.0. The van der Waals surface area contributed by atoms with Gasteiger partial charge in [-0.1, -0.05) is 22.0 Å². The van der Waals surface area contributed by atoms with E-state index in [-0.39, 0.29) is 10.8 Å². The van der Waals surface area contributed by atoms with Crippen LogP contribution in [0.1, 0.15) is 11.4 Å². The normalized spacial score (nSPS) is 11.3. The number of sulfonamides is 1. The third-order valence-electron chi connectivity index (χ3n) is 2.31. The number of halogens is 1. The van der Waals surface area contributed by atoms with Crippen molar-refractivity contribution in [3.63, 3.8) is 0 Å². The fourth-order valence-electron chi connectivity index (χ4n) is 1.58. The summed E-state index contributed by atoms with van der Waals surface area (Å²) in [5.41, 5.74) is 1.42. The molecule has 0 radical (unpaired) electrons. The van der Waals surface area contributed by atoms with E-state index < -0.39 is 10.0 Å². The number of aromatic nitrogens is 2. The van der Waals surface area contributed by atoms with E-state index in [0.29, 0.717) is 15.9 Å². The van der Waals surface area contributed by atoms with E-state index in [0.717, 1.165) is 0 Å². The Labute approximate surface area is 120 Å². The standard InChI is InChI=1S/C12H12BrN3O2S/c1-8-6-9(2)15-12(14-8)16-19(17,18)11-5-3-4-10(13)7-11/h3-7H,1-2H3,(H,14,15,16). The molecule has 0 bridgehead atoms. The number of nitrogens with one attached hydrogen (secondary N) is 1. The number of anilines is 1. The van der Waals surface area contributed by atoms with Crippen molar-refractivity contribution in [1.82, 2.24) is 9.97 Å². The van der Waals surface area contributed by atoms with Gasteiger partial charge in [-0.3, -0.25) is 0 Å². The lowest BCUT2D eigenvalue weighted by molar-refractivity contribution is 0.600. The number of rotatable bonds is 3. The van der Waals surface area contributed by atoms with E-state index in [4.69, 9.17) is 0 Å². The lowest BCUT2D eigenvalue weighted by Gasteiger charge is -2.08. The lowest BCUT2D eigenvalue weighted by atomic mass is 10.4. The average Bonchev–Trinajstić information content (AvgIpc) is 2.26. The number of aryl methyl sites for hydroxylation is 2. The van der Waals surface area contributed by atoms with Gasteiger partial charge in [-0.2, -0.15) is 0 Å². The molecule has 0 saturated heterocycles. The molecule has 1 aromatic heterocycles. The van der Waals surface area contributed by atoms with Crippen molar-refractivity contribution >= 4 is 31.9 Å². The molecule has 5 nitrogen and oxygen atoms in total. The van der Waals surface area contributed by atoms with E-state index >= 15 is 0 Å². The van der Waals surface area contributed by atoms with Gasteiger partial charge in [0.25, 0.3) is 10.0 Å². The monoisotopic (exact) mass is 341 g/mol. The smallest absolute Gasteiger partial charge is 0.247 e. The molecule has 0 aliphatic heterocycles. The first kappa shape index (κ1) is 14.0. The number of nitrogens with zero attached hydrogens (tertiary/aromatic N) is 2. The van der Waals surface area contributed by atoms with Crippen molar-refractivity contribution in [2.75, 3.05) is 4.72 Å². The van der Waals surface area contributed by atoms with Gasteiger partial charge in [-0.25, -0.2) is 23.1 Å². The van der Waals surface area contributed by atoms with Crippen LogP contribution in [-0.4, -0.2) is 18.4 Å². The third kappa shape index (κ3) is 3.51. The molecule has 19 heavy (non-hydrogen) atoms. The van der Waals surface area contributed by atoms with E-state index in [2.05, 4.69) is 30.6 Å². The topological polar surface area (TPSA) is 72.0 Å². The molecule has 7 heteroatoms. The van der Waals surface area contributed by atoms with Crippen LogP contribution in [0, 0.1) is 13.8 Å². The Hall–Kier alpha value is -1.47. The Kier molecular flexibility index (Phi) is 3.86. The quantitative estimate of drug-likeness (QED) is 0.931. The summed E-state index contributed by atoms with van der Waals surface area (Å²) in [7, 11) is -3.67. The fraction of sp³-hybridized carbons (Fsp3) is 0.167. The van der Waals surface area contributed by atoms with Gasteiger partial charge < -0.3 is 0 Å². The molecular weight excluding hydrogens is 330 g/mol. The molecule has 0 aliphatic rings. The predicted octanol–water partition coefficient (Wildman–Crippen LogP) is 2.66. The molecule has 1 heterocycles. The van der Waals surface area contributed by atoms with Crippen LogP contribution in [0.25, 0.3) is 0 Å². The molecule has 2 aromatic rings. The highest BCUT2D eigenvalue weighted by Gasteiger charge is 2.16. The van der Waals surface area contributed by atoms with Crippen LogP contribution in [0.5, 0.6) is 0 Å². The molecule has 1 aromatic carbocycles. The molecule has 1 N–H and O–H groups in total. The maximum Gasteiger partial charge on any atom is 0.264 e. The van der Waals surface area contributed by atoms with Gasteiger partial charge in [0.1, 0.15) is 0 Å². The van der Waals surface area contributed by atoms with Crippen molar-refractivity contribution in [3.8, 4) is 0 Å². The Morgan fingerprint density at radius 1 is 1.11 bits per heavy atom. The Bertz CT molecular complexity index is 696. The Morgan fingerprint density at radius 3 is 2.32 bits per heavy atom. The number of benzene rings is 1. The van der Waals surface area contributed by atoms with Gasteiger partial charge in [0.15, 0.2) is 0 Å². The molecule has 0 fully saturated rings. The Morgan fingerprint density at radius 2 is 1.74 bits per heavy atom. The molecule has 100 valence electrons. The van der Waals surface area contributed by atoms with E-state index in [1.807, 2.05) is 0 Å². The zero-order valence-electron chi connectivity index (χ0n) is 10.4. The first-order valence-electron chi connectivity index (χ1n) is 5.47. The van der Waals surface area contributed by atoms with Crippen molar-refractivity contribution in [3.05, 3.63) is 46.2 Å². The second-order valence-electron chi connectivity index (χ2n) is 4.04. The fourth-order valence-corrected chi connectivity index (χ4v) is 3.12. The second-order valence-corrected chi connectivity index (χ2v) is 6.64. The van der Waals surface area contributed by atoms with E-state index in [1.54, 1.807) is 32.0 Å². The summed E-state index contributed by atoms with van der Waals surface area (Å²) in [6, 6.07) is 8.21. The molecule has 0 unspecified atom stereocenters. The van der Waals surface area contributed by atoms with Crippen molar-refractivity contribution in [2.24, 2.45) is 0 Å². The Balaban J connectivity index is 2.36. The van der Waals surface area contributed by atoms with Gasteiger partial charge in [0.2, 0.25) is 5.95 Å². The first-order valence-corrected chi connectivity index (χ1v) is 7.75. The second kappa shape index (κ2) is 5.26. The van der Waals surface area contributed by atoms with Crippen molar-refractivity contribution in [2.45, 2.75) is 18.7 Å². The van der Waals surface area contributed by atoms with Gasteiger partial charge in [-0.05, 0) is 38.1 Å². The predicted molar refractivity (Wildman–Crippen MR) is 76.5 cm³/mol. The summed E-state index contributed by atoms with van der Waals surface area (Å²) in [5.74, 6) is 0.0810. The lowest BCUT2D eigenvalue weighted by Crippen LogP contribution is -2.15. The maximum atomic E-state index is 12.2. The van der Waals surface area contributed by atoms with E-state index in [9.17, 15) is 8.42 Å². The van der Waals surface area contributed by atoms with Gasteiger partial charge >= 0.3 is 0 Å². The highest BCUT2D eigenvalue weighted by atomic mass is 79.9. The van der Waals surface area contributed by atoms with Gasteiger partial charge in [0, 0.05) is 15.9 Å². The van der Waals surface area contributed by atoms with E-state index in [1.165, 1.54) is 12.1 Å². The summed E-state index contributed by atoms with van der Waals surface area (Å²) in [4.78, 5) is 8.27. The SMILES string of the molecule is Cc1cc(C)nc(NS(=O)(=O)c2cccc(Br)c2)n1. The third-order valence-corrected chi connectivity index (χ3v) is 4.13. The van der Waals surface area contributed by atoms with Crippen LogP contribution in [0.2, 0.25) is 0 Å². The van der Waals surface area contributed by atoms with Crippen LogP contribution in [-0.2, 0) is 10.0 Å². The highest BCUT2D eigenvalue weighted by Crippen LogP contribution is 2.18. The minimum absolute atomic E-state index is 0.0810. The molecule has 0 saturated carbocycles. The molecule has 0 atom stereocenters. The van der Waals surface area contributed by atoms with Crippen molar-refractivity contribution in [1.29, 1.82) is 0 Å². The minimum atomic E-state index is -3.67. The van der Waals surface area contributed by atoms with Crippen LogP contribution < -0.4 is 4.72 Å². The summed E-state index contributed by atoms with van der Waals surface area (Å²) in [6.45, 7) is 3.57. The summed E-state index contributed by atoms with van der Waals surface area (Å²) in [5, 5.41) is 0. The summed E-state index contributed by atoms with van der Waals surface area (Å²) in [6.07, 6.45) is 0. The first-order chi connectivity index (χ1) is 8.87. The highest BCUT2D eigenvalue weighted by molar-refractivity contribution is 9.10.